The van der Waals surface area contributed by atoms with E-state index in [1.54, 1.807) is 37.1 Å². The van der Waals surface area contributed by atoms with E-state index in [9.17, 15) is 15.8 Å². The van der Waals surface area contributed by atoms with Crippen LogP contribution in [0, 0.1) is 34.0 Å². The standard InChI is InChI=1S/3C36H21N3S/c37-21-26-22-38-18-17-28(26)25-9-5-7-23(19-25)24-8-6-10-27(20-24)39-32-13-3-1-12-31(32)35-33(39)16-15-30-29-11-2-4-14-34(29)40-36(30)35;37-21-26-17-18-38-22-31(26)25-9-5-7-23(19-25)24-8-6-10-27(20-24)39-32-13-3-1-12-30(32)35-33(39)16-15-29-28-11-2-4-14-34(28)40-36(29)35;37-22-27-20-26(17-18-38-27)24-8-5-7-23(19-24)25-9-6-10-28(21-25)39-32-13-3-1-12-31(32)35-33(39)16-15-30-29-11-2-4-14-34(29)40-36(30)35/h2*1-20,22H;1-21H. The third-order valence-corrected chi connectivity index (χ3v) is 26.8. The summed E-state index contributed by atoms with van der Waals surface area (Å²) in [5.41, 5.74) is 24.7. The Balaban J connectivity index is 0.000000108. The summed E-state index contributed by atoms with van der Waals surface area (Å²) in [7, 11) is 0. The van der Waals surface area contributed by atoms with Crippen LogP contribution >= 0.6 is 34.0 Å². The highest BCUT2D eigenvalue weighted by Crippen LogP contribution is 2.48. The number of hydrogen-bond acceptors (Lipinski definition) is 9. The van der Waals surface area contributed by atoms with Crippen molar-refractivity contribution in [3.8, 4) is 102 Å². The summed E-state index contributed by atoms with van der Waals surface area (Å²) < 4.78 is 15.1. The lowest BCUT2D eigenvalue weighted by Crippen LogP contribution is -1.94. The molecule has 0 saturated heterocycles. The minimum Gasteiger partial charge on any atom is -0.309 e. The maximum atomic E-state index is 9.61. The zero-order valence-corrected chi connectivity index (χ0v) is 66.6. The zero-order valence-electron chi connectivity index (χ0n) is 64.1. The Morgan fingerprint density at radius 1 is 0.233 bits per heavy atom. The van der Waals surface area contributed by atoms with E-state index in [0.29, 0.717) is 16.8 Å². The van der Waals surface area contributed by atoms with Gasteiger partial charge in [-0.3, -0.25) is 9.97 Å². The molecule has 120 heavy (non-hydrogen) atoms. The van der Waals surface area contributed by atoms with E-state index < -0.39 is 0 Å². The molecular formula is C108H63N9S3. The molecule has 9 nitrogen and oxygen atoms in total. The highest BCUT2D eigenvalue weighted by Gasteiger charge is 2.23. The molecule has 0 fully saturated rings. The maximum Gasteiger partial charge on any atom is 0.141 e. The van der Waals surface area contributed by atoms with Gasteiger partial charge in [-0.2, -0.15) is 15.8 Å². The van der Waals surface area contributed by atoms with Gasteiger partial charge >= 0.3 is 0 Å². The summed E-state index contributed by atoms with van der Waals surface area (Å²) in [6.45, 7) is 0. The van der Waals surface area contributed by atoms with E-state index in [-0.39, 0.29) is 0 Å². The molecule has 0 saturated carbocycles. The fourth-order valence-electron chi connectivity index (χ4n) is 17.8. The molecule has 0 atom stereocenters. The van der Waals surface area contributed by atoms with Crippen LogP contribution in [0.25, 0.3) is 210 Å². The van der Waals surface area contributed by atoms with Crippen LogP contribution in [0.5, 0.6) is 0 Å². The monoisotopic (exact) mass is 1580 g/mol. The number of rotatable bonds is 9. The van der Waals surface area contributed by atoms with Gasteiger partial charge in [0.15, 0.2) is 0 Å². The van der Waals surface area contributed by atoms with Crippen molar-refractivity contribution in [1.82, 2.24) is 28.7 Å². The van der Waals surface area contributed by atoms with Gasteiger partial charge in [0.05, 0.1) is 50.3 Å². The van der Waals surface area contributed by atoms with Gasteiger partial charge in [-0.15, -0.1) is 34.0 Å². The van der Waals surface area contributed by atoms with Gasteiger partial charge in [0, 0.05) is 152 Å². The van der Waals surface area contributed by atoms with E-state index in [4.69, 9.17) is 0 Å². The molecule has 0 bridgehead atoms. The summed E-state index contributed by atoms with van der Waals surface area (Å²) in [5.74, 6) is 0. The van der Waals surface area contributed by atoms with Crippen LogP contribution in [0.15, 0.2) is 383 Å². The van der Waals surface area contributed by atoms with Crippen molar-refractivity contribution in [3.63, 3.8) is 0 Å². The number of aromatic nitrogens is 6. The van der Waals surface area contributed by atoms with Gasteiger partial charge in [0.1, 0.15) is 17.8 Å². The largest absolute Gasteiger partial charge is 0.309 e. The van der Waals surface area contributed by atoms with Crippen molar-refractivity contribution in [1.29, 1.82) is 15.8 Å². The second-order valence-corrected chi connectivity index (χ2v) is 33.0. The van der Waals surface area contributed by atoms with Crippen LogP contribution in [-0.4, -0.2) is 28.7 Å². The van der Waals surface area contributed by atoms with Crippen molar-refractivity contribution < 1.29 is 0 Å². The van der Waals surface area contributed by atoms with E-state index in [2.05, 4.69) is 356 Å². The van der Waals surface area contributed by atoms with Crippen LogP contribution in [0.2, 0.25) is 0 Å². The Hall–Kier alpha value is -15.7. The Bertz CT molecular complexity index is 8130. The molecule has 15 aromatic carbocycles. The molecule has 0 unspecified atom stereocenters. The molecule has 24 rings (SSSR count). The molecule has 24 aromatic rings. The van der Waals surface area contributed by atoms with Gasteiger partial charge in [-0.25, -0.2) is 4.98 Å². The number of nitriles is 3. The normalized spacial score (nSPS) is 11.5. The quantitative estimate of drug-likeness (QED) is 0.142. The zero-order chi connectivity index (χ0) is 79.9. The average molecular weight is 1580 g/mol. The molecule has 0 amide bonds. The minimum atomic E-state index is 0.420. The predicted octanol–water partition coefficient (Wildman–Crippen LogP) is 29.3. The van der Waals surface area contributed by atoms with Gasteiger partial charge in [-0.1, -0.05) is 218 Å². The number of fused-ring (bicyclic) bond motifs is 21. The van der Waals surface area contributed by atoms with Gasteiger partial charge < -0.3 is 13.7 Å². The lowest BCUT2D eigenvalue weighted by Gasteiger charge is -2.11. The molecule has 12 heteroatoms. The van der Waals surface area contributed by atoms with Crippen molar-refractivity contribution in [2.45, 2.75) is 0 Å². The van der Waals surface area contributed by atoms with E-state index in [0.717, 1.165) is 83.8 Å². The Morgan fingerprint density at radius 2 is 0.575 bits per heavy atom. The molecule has 0 radical (unpaired) electrons. The number of pyridine rings is 3. The maximum absolute atomic E-state index is 9.61. The second kappa shape index (κ2) is 29.5. The molecule has 9 aromatic heterocycles. The van der Waals surface area contributed by atoms with Crippen LogP contribution < -0.4 is 0 Å². The number of nitrogens with zero attached hydrogens (tertiary/aromatic N) is 9. The highest BCUT2D eigenvalue weighted by atomic mass is 32.1. The van der Waals surface area contributed by atoms with Gasteiger partial charge in [-0.05, 0) is 189 Å². The Labute approximate surface area is 700 Å². The van der Waals surface area contributed by atoms with Crippen molar-refractivity contribution in [2.75, 3.05) is 0 Å². The average Bonchev–Trinajstić information content (AvgIpc) is 1.57. The second-order valence-electron chi connectivity index (χ2n) is 29.9. The SMILES string of the molecule is N#Cc1cc(-c2cccc(-c3cccc(-n4c5ccccc5c5c6sc7ccccc7c6ccc54)c3)c2)ccn1.N#Cc1ccncc1-c1cccc(-c2cccc(-n3c4ccccc4c4c5sc6ccccc6c5ccc43)c2)c1.N#Cc1cnccc1-c1cccc(-c2cccc(-n3c4ccccc4c4c5sc6ccccc6c5ccc43)c2)c1. The van der Waals surface area contributed by atoms with Gasteiger partial charge in [0.2, 0.25) is 0 Å². The van der Waals surface area contributed by atoms with Crippen LogP contribution in [0.4, 0.5) is 0 Å². The smallest absolute Gasteiger partial charge is 0.141 e. The Morgan fingerprint density at radius 3 is 0.992 bits per heavy atom. The molecule has 9 heterocycles. The number of hydrogen-bond donors (Lipinski definition) is 0. The van der Waals surface area contributed by atoms with E-state index in [1.165, 1.54) is 126 Å². The van der Waals surface area contributed by atoms with Crippen LogP contribution in [-0.2, 0) is 0 Å². The number of para-hydroxylation sites is 3. The third kappa shape index (κ3) is 12.0. The first kappa shape index (κ1) is 70.9. The first-order chi connectivity index (χ1) is 59.4. The summed E-state index contributed by atoms with van der Waals surface area (Å²) in [4.78, 5) is 12.5. The fourth-order valence-corrected chi connectivity index (χ4v) is 21.5. The van der Waals surface area contributed by atoms with Crippen molar-refractivity contribution in [2.24, 2.45) is 0 Å². The molecular weight excluding hydrogens is 1520 g/mol. The first-order valence-corrected chi connectivity index (χ1v) is 42.0. The number of benzene rings is 15. The molecule has 0 N–H and O–H groups in total. The topological polar surface area (TPSA) is 125 Å². The molecule has 558 valence electrons. The first-order valence-electron chi connectivity index (χ1n) is 39.6. The third-order valence-electron chi connectivity index (χ3n) is 23.2. The summed E-state index contributed by atoms with van der Waals surface area (Å²) in [6.07, 6.45) is 8.48. The molecule has 0 aliphatic carbocycles. The van der Waals surface area contributed by atoms with E-state index >= 15 is 0 Å². The number of thiophene rings is 3. The fraction of sp³-hybridized carbons (Fsp3) is 0. The van der Waals surface area contributed by atoms with Crippen LogP contribution in [0.1, 0.15) is 16.8 Å². The van der Waals surface area contributed by atoms with Crippen molar-refractivity contribution in [3.05, 3.63) is 400 Å². The van der Waals surface area contributed by atoms with Crippen molar-refractivity contribution >= 4 is 160 Å². The summed E-state index contributed by atoms with van der Waals surface area (Å²) in [5, 5.41) is 44.1. The van der Waals surface area contributed by atoms with Gasteiger partial charge in [0.25, 0.3) is 0 Å². The highest BCUT2D eigenvalue weighted by molar-refractivity contribution is 7.27. The predicted molar refractivity (Wildman–Crippen MR) is 501 cm³/mol. The summed E-state index contributed by atoms with van der Waals surface area (Å²) >= 11 is 5.63. The lowest BCUT2D eigenvalue weighted by molar-refractivity contribution is 1.18. The van der Waals surface area contributed by atoms with E-state index in [1.807, 2.05) is 70.4 Å². The minimum absolute atomic E-state index is 0.420. The Kier molecular flexibility index (Phi) is 17.4. The molecule has 0 aliphatic heterocycles. The van der Waals surface area contributed by atoms with Crippen LogP contribution in [0.3, 0.4) is 0 Å². The molecule has 0 aliphatic rings. The summed E-state index contributed by atoms with van der Waals surface area (Å²) in [6, 6.07) is 131. The lowest BCUT2D eigenvalue weighted by atomic mass is 9.97. The molecule has 0 spiro atoms.